The third-order valence-corrected chi connectivity index (χ3v) is 8.54. The van der Waals surface area contributed by atoms with Gasteiger partial charge in [-0.25, -0.2) is 4.79 Å². The molecule has 0 aliphatic carbocycles. The number of rotatable bonds is 13. The summed E-state index contributed by atoms with van der Waals surface area (Å²) in [5.41, 5.74) is 1.06. The summed E-state index contributed by atoms with van der Waals surface area (Å²) >= 11 is 0. The number of benzene rings is 2. The van der Waals surface area contributed by atoms with Gasteiger partial charge in [-0.3, -0.25) is 9.59 Å². The van der Waals surface area contributed by atoms with Crippen molar-refractivity contribution in [2.24, 2.45) is 0 Å². The molecule has 2 fully saturated rings. The molecule has 2 aliphatic heterocycles. The molecule has 11 heteroatoms. The first-order valence-corrected chi connectivity index (χ1v) is 15.6. The summed E-state index contributed by atoms with van der Waals surface area (Å²) in [4.78, 5) is 41.4. The summed E-state index contributed by atoms with van der Waals surface area (Å²) < 4.78 is 23.6. The molecule has 4 rings (SSSR count). The van der Waals surface area contributed by atoms with E-state index in [1.54, 1.807) is 4.90 Å². The van der Waals surface area contributed by atoms with Gasteiger partial charge in [0, 0.05) is 19.6 Å². The van der Waals surface area contributed by atoms with E-state index < -0.39 is 42.4 Å². The van der Waals surface area contributed by atoms with E-state index in [0.717, 1.165) is 18.4 Å². The van der Waals surface area contributed by atoms with Crippen LogP contribution in [0, 0.1) is 0 Å². The Labute approximate surface area is 261 Å². The molecule has 2 aromatic rings. The molecule has 238 valence electrons. The average Bonchev–Trinajstić information content (AvgIpc) is 3.23. The van der Waals surface area contributed by atoms with Gasteiger partial charge in [0.2, 0.25) is 5.91 Å². The van der Waals surface area contributed by atoms with Crippen LogP contribution in [0.3, 0.4) is 0 Å². The highest BCUT2D eigenvalue weighted by molar-refractivity contribution is 6.48. The summed E-state index contributed by atoms with van der Waals surface area (Å²) in [6.07, 6.45) is 0.366. The van der Waals surface area contributed by atoms with Crippen LogP contribution >= 0.6 is 0 Å². The van der Waals surface area contributed by atoms with Crippen molar-refractivity contribution in [3.63, 3.8) is 0 Å². The van der Waals surface area contributed by atoms with Crippen molar-refractivity contribution < 1.29 is 33.2 Å². The second-order valence-corrected chi connectivity index (χ2v) is 12.4. The van der Waals surface area contributed by atoms with E-state index in [-0.39, 0.29) is 12.3 Å². The minimum atomic E-state index is -1.33. The fourth-order valence-corrected chi connectivity index (χ4v) is 5.19. The molecule has 2 aromatic carbocycles. The molecule has 10 nitrogen and oxygen atoms in total. The Morgan fingerprint density at radius 3 is 2.05 bits per heavy atom. The number of hydrogen-bond acceptors (Lipinski definition) is 7. The number of nitrogens with one attached hydrogen (secondary N) is 2. The maximum absolute atomic E-state index is 13.8. The van der Waals surface area contributed by atoms with Crippen LogP contribution in [0.4, 0.5) is 4.79 Å². The highest BCUT2D eigenvalue weighted by Crippen LogP contribution is 2.38. The van der Waals surface area contributed by atoms with Gasteiger partial charge in [0.25, 0.3) is 5.91 Å². The zero-order chi connectivity index (χ0) is 31.6. The fourth-order valence-electron chi connectivity index (χ4n) is 5.19. The normalized spacial score (nSPS) is 18.7. The molecular formula is C33H46BN3O7. The number of carbonyl (C=O) groups excluding carboxylic acids is 3. The van der Waals surface area contributed by atoms with Crippen LogP contribution in [0.15, 0.2) is 60.7 Å². The van der Waals surface area contributed by atoms with Gasteiger partial charge in [-0.2, -0.15) is 0 Å². The first-order valence-electron chi connectivity index (χ1n) is 15.6. The van der Waals surface area contributed by atoms with E-state index in [9.17, 15) is 14.4 Å². The van der Waals surface area contributed by atoms with Crippen LogP contribution in [-0.2, 0) is 41.2 Å². The Morgan fingerprint density at radius 2 is 1.45 bits per heavy atom. The Balaban J connectivity index is 1.44. The van der Waals surface area contributed by atoms with Crippen LogP contribution in [0.2, 0.25) is 0 Å². The lowest BCUT2D eigenvalue weighted by Crippen LogP contribution is -2.53. The molecular weight excluding hydrogens is 561 g/mol. The maximum Gasteiger partial charge on any atom is 0.481 e. The highest BCUT2D eigenvalue weighted by Gasteiger charge is 2.54. The van der Waals surface area contributed by atoms with Crippen molar-refractivity contribution >= 4 is 25.0 Å². The van der Waals surface area contributed by atoms with Crippen molar-refractivity contribution in [2.45, 2.75) is 83.0 Å². The summed E-state index contributed by atoms with van der Waals surface area (Å²) in [5, 5.41) is 5.74. The quantitative estimate of drug-likeness (QED) is 0.334. The smallest absolute Gasteiger partial charge is 0.436 e. The van der Waals surface area contributed by atoms with Gasteiger partial charge in [0.05, 0.1) is 36.8 Å². The molecule has 0 saturated carbocycles. The third-order valence-electron chi connectivity index (χ3n) is 8.54. The molecule has 2 saturated heterocycles. The van der Waals surface area contributed by atoms with E-state index in [1.807, 2.05) is 76.2 Å². The van der Waals surface area contributed by atoms with Gasteiger partial charge in [-0.05, 0) is 64.5 Å². The number of alkyl carbamates (subject to hydrolysis) is 1. The lowest BCUT2D eigenvalue weighted by atomic mass is 9.75. The second-order valence-electron chi connectivity index (χ2n) is 12.4. The summed E-state index contributed by atoms with van der Waals surface area (Å²) in [7, 11) is -0.713. The monoisotopic (exact) mass is 607 g/mol. The van der Waals surface area contributed by atoms with E-state index in [1.165, 1.54) is 5.56 Å². The van der Waals surface area contributed by atoms with Crippen LogP contribution in [-0.4, -0.2) is 86.0 Å². The van der Waals surface area contributed by atoms with Crippen molar-refractivity contribution in [3.05, 3.63) is 71.8 Å². The number of carbonyl (C=O) groups is 3. The predicted molar refractivity (Wildman–Crippen MR) is 168 cm³/mol. The Hall–Kier alpha value is -3.41. The second kappa shape index (κ2) is 15.5. The Bertz CT molecular complexity index is 1210. The fraction of sp³-hybridized carbons (Fsp3) is 0.545. The Morgan fingerprint density at radius 1 is 0.886 bits per heavy atom. The topological polar surface area (TPSA) is 115 Å². The van der Waals surface area contributed by atoms with Crippen LogP contribution in [0.25, 0.3) is 0 Å². The Kier molecular flexibility index (Phi) is 11.8. The number of morpholine rings is 1. The van der Waals surface area contributed by atoms with Gasteiger partial charge in [-0.15, -0.1) is 0 Å². The van der Waals surface area contributed by atoms with Crippen LogP contribution in [0.1, 0.15) is 58.1 Å². The van der Waals surface area contributed by atoms with Crippen molar-refractivity contribution in [1.29, 1.82) is 0 Å². The summed E-state index contributed by atoms with van der Waals surface area (Å²) in [6, 6.07) is 19.9. The van der Waals surface area contributed by atoms with Gasteiger partial charge in [-0.1, -0.05) is 60.7 Å². The summed E-state index contributed by atoms with van der Waals surface area (Å²) in [5.74, 6) is -1.37. The number of amides is 3. The van der Waals surface area contributed by atoms with Crippen LogP contribution in [0.5, 0.6) is 0 Å². The zero-order valence-corrected chi connectivity index (χ0v) is 26.4. The van der Waals surface area contributed by atoms with Crippen molar-refractivity contribution in [2.75, 3.05) is 32.8 Å². The van der Waals surface area contributed by atoms with E-state index in [4.69, 9.17) is 18.8 Å². The number of hydrogen-bond donors (Lipinski definition) is 2. The lowest BCUT2D eigenvalue weighted by molar-refractivity contribution is -0.142. The van der Waals surface area contributed by atoms with Crippen molar-refractivity contribution in [3.8, 4) is 0 Å². The van der Waals surface area contributed by atoms with Gasteiger partial charge < -0.3 is 34.3 Å². The van der Waals surface area contributed by atoms with Gasteiger partial charge >= 0.3 is 13.2 Å². The molecule has 44 heavy (non-hydrogen) atoms. The molecule has 2 heterocycles. The SMILES string of the molecule is CC1(C)OB([C@H](CCCc2ccccc2)NC(=O)C(CC(=O)N2CCOCC2)OC(=O)NCCc2ccccc2)OC1(C)C. The highest BCUT2D eigenvalue weighted by atomic mass is 16.7. The molecule has 0 bridgehead atoms. The van der Waals surface area contributed by atoms with E-state index >= 15 is 0 Å². The molecule has 2 N–H and O–H groups in total. The molecule has 0 spiro atoms. The first-order chi connectivity index (χ1) is 21.0. The van der Waals surface area contributed by atoms with Gasteiger partial charge in [0.1, 0.15) is 0 Å². The van der Waals surface area contributed by atoms with Crippen LogP contribution < -0.4 is 10.6 Å². The van der Waals surface area contributed by atoms with Crippen molar-refractivity contribution in [1.82, 2.24) is 15.5 Å². The average molecular weight is 608 g/mol. The zero-order valence-electron chi connectivity index (χ0n) is 26.4. The molecule has 2 aliphatic rings. The lowest BCUT2D eigenvalue weighted by Gasteiger charge is -2.32. The summed E-state index contributed by atoms with van der Waals surface area (Å²) in [6.45, 7) is 9.86. The standard InChI is InChI=1S/C33H46BN3O7/c1-32(2)33(3,4)44-34(43-32)28(17-11-16-25-12-7-5-8-13-25)36-30(39)27(24-29(38)37-20-22-41-23-21-37)42-31(40)35-19-18-26-14-9-6-10-15-26/h5-10,12-15,27-28H,11,16-24H2,1-4H3,(H,35,40)(H,36,39)/t27?,28-/m0/s1. The number of ether oxygens (including phenoxy) is 2. The molecule has 1 unspecified atom stereocenters. The molecule has 2 atom stereocenters. The minimum Gasteiger partial charge on any atom is -0.436 e. The van der Waals surface area contributed by atoms with E-state index in [2.05, 4.69) is 22.8 Å². The maximum atomic E-state index is 13.8. The third kappa shape index (κ3) is 9.55. The van der Waals surface area contributed by atoms with Gasteiger partial charge in [0.15, 0.2) is 6.10 Å². The minimum absolute atomic E-state index is 0.276. The molecule has 0 aromatic heterocycles. The van der Waals surface area contributed by atoms with E-state index in [0.29, 0.717) is 45.7 Å². The predicted octanol–water partition coefficient (Wildman–Crippen LogP) is 3.71. The molecule has 3 amide bonds. The number of nitrogens with zero attached hydrogens (tertiary/aromatic N) is 1. The number of aryl methyl sites for hydroxylation is 1. The largest absolute Gasteiger partial charge is 0.481 e. The first kappa shape index (κ1) is 33.5. The molecule has 0 radical (unpaired) electrons.